The Kier molecular flexibility index (Phi) is 5.61. The Hall–Kier alpha value is -2.72. The molecule has 166 valence electrons. The number of aliphatic hydroxyl groups excluding tert-OH is 1. The van der Waals surface area contributed by atoms with Crippen LogP contribution < -0.4 is 5.32 Å². The number of nitrogens with zero attached hydrogens (tertiary/aromatic N) is 4. The summed E-state index contributed by atoms with van der Waals surface area (Å²) in [5, 5.41) is 16.3. The smallest absolute Gasteiger partial charge is 0.322 e. The van der Waals surface area contributed by atoms with Crippen molar-refractivity contribution < 1.29 is 23.5 Å². The van der Waals surface area contributed by atoms with Crippen molar-refractivity contribution in [2.24, 2.45) is 5.92 Å². The van der Waals surface area contributed by atoms with Crippen LogP contribution in [0.3, 0.4) is 0 Å². The average Bonchev–Trinajstić information content (AvgIpc) is 3.00. The lowest BCUT2D eigenvalue weighted by Crippen LogP contribution is -2.45. The van der Waals surface area contributed by atoms with Crippen LogP contribution in [-0.4, -0.2) is 62.9 Å². The standard InChI is InChI=1S/C20H22ClF2N5O3/c1-10-3-16-12(18-19(30)26(2)6-11(9-29)7-28(18)25-16)8-27(10)20(31)24-17-4-13(21)14(22)5-15(17)23/h4-5,10-11,29H,3,6-9H2,1-2H3,(H,24,31)/t10-,11+/m1/s1. The van der Waals surface area contributed by atoms with Crippen molar-refractivity contribution in [1.82, 2.24) is 19.6 Å². The predicted molar refractivity (Wildman–Crippen MR) is 109 cm³/mol. The second kappa shape index (κ2) is 8.08. The summed E-state index contributed by atoms with van der Waals surface area (Å²) in [7, 11) is 1.66. The highest BCUT2D eigenvalue weighted by Gasteiger charge is 2.37. The highest BCUT2D eigenvalue weighted by molar-refractivity contribution is 6.31. The van der Waals surface area contributed by atoms with Crippen LogP contribution in [-0.2, 0) is 19.5 Å². The van der Waals surface area contributed by atoms with Gasteiger partial charge in [0.25, 0.3) is 5.91 Å². The summed E-state index contributed by atoms with van der Waals surface area (Å²) in [6, 6.07) is 0.762. The van der Waals surface area contributed by atoms with Gasteiger partial charge in [-0.1, -0.05) is 11.6 Å². The lowest BCUT2D eigenvalue weighted by atomic mass is 9.99. The van der Waals surface area contributed by atoms with E-state index in [4.69, 9.17) is 11.6 Å². The Morgan fingerprint density at radius 3 is 2.77 bits per heavy atom. The van der Waals surface area contributed by atoms with Crippen LogP contribution in [0.2, 0.25) is 5.02 Å². The topological polar surface area (TPSA) is 90.7 Å². The Labute approximate surface area is 182 Å². The molecule has 1 aromatic heterocycles. The van der Waals surface area contributed by atoms with E-state index < -0.39 is 17.7 Å². The molecule has 8 nitrogen and oxygen atoms in total. The highest BCUT2D eigenvalue weighted by atomic mass is 35.5. The van der Waals surface area contributed by atoms with E-state index in [0.29, 0.717) is 36.8 Å². The molecular formula is C20H22ClF2N5O3. The van der Waals surface area contributed by atoms with Gasteiger partial charge in [-0.2, -0.15) is 5.10 Å². The molecule has 11 heteroatoms. The monoisotopic (exact) mass is 453 g/mol. The maximum absolute atomic E-state index is 14.1. The fourth-order valence-corrected chi connectivity index (χ4v) is 4.28. The van der Waals surface area contributed by atoms with Crippen molar-refractivity contribution in [2.45, 2.75) is 32.5 Å². The molecule has 2 N–H and O–H groups in total. The fraction of sp³-hybridized carbons (Fsp3) is 0.450. The first-order valence-electron chi connectivity index (χ1n) is 9.86. The van der Waals surface area contributed by atoms with Gasteiger partial charge in [0, 0.05) is 56.8 Å². The van der Waals surface area contributed by atoms with E-state index in [1.54, 1.807) is 16.6 Å². The minimum atomic E-state index is -0.938. The van der Waals surface area contributed by atoms with Crippen molar-refractivity contribution in [3.05, 3.63) is 45.7 Å². The third kappa shape index (κ3) is 3.85. The van der Waals surface area contributed by atoms with Gasteiger partial charge < -0.3 is 20.2 Å². The maximum atomic E-state index is 14.1. The number of rotatable bonds is 2. The molecule has 0 fully saturated rings. The van der Waals surface area contributed by atoms with Gasteiger partial charge in [0.2, 0.25) is 0 Å². The van der Waals surface area contributed by atoms with Gasteiger partial charge >= 0.3 is 6.03 Å². The molecule has 2 atom stereocenters. The first-order chi connectivity index (χ1) is 14.7. The molecule has 0 spiro atoms. The number of benzene rings is 1. The maximum Gasteiger partial charge on any atom is 0.322 e. The fourth-order valence-electron chi connectivity index (χ4n) is 4.11. The molecule has 3 amide bonds. The quantitative estimate of drug-likeness (QED) is 0.683. The van der Waals surface area contributed by atoms with Crippen molar-refractivity contribution in [2.75, 3.05) is 25.5 Å². The van der Waals surface area contributed by atoms with Crippen LogP contribution in [0, 0.1) is 17.6 Å². The van der Waals surface area contributed by atoms with E-state index >= 15 is 0 Å². The largest absolute Gasteiger partial charge is 0.396 e. The first kappa shape index (κ1) is 21.5. The number of aromatic nitrogens is 2. The van der Waals surface area contributed by atoms with Crippen LogP contribution in [0.5, 0.6) is 0 Å². The van der Waals surface area contributed by atoms with E-state index in [-0.39, 0.29) is 41.7 Å². The zero-order chi connectivity index (χ0) is 22.4. The summed E-state index contributed by atoms with van der Waals surface area (Å²) in [5.41, 5.74) is 1.53. The molecule has 0 aliphatic carbocycles. The number of fused-ring (bicyclic) bond motifs is 3. The Morgan fingerprint density at radius 1 is 1.32 bits per heavy atom. The van der Waals surface area contributed by atoms with Crippen LogP contribution in [0.25, 0.3) is 0 Å². The summed E-state index contributed by atoms with van der Waals surface area (Å²) < 4.78 is 29.1. The molecule has 31 heavy (non-hydrogen) atoms. The van der Waals surface area contributed by atoms with E-state index in [2.05, 4.69) is 10.4 Å². The van der Waals surface area contributed by atoms with Gasteiger partial charge in [-0.25, -0.2) is 13.6 Å². The van der Waals surface area contributed by atoms with Gasteiger partial charge in [-0.05, 0) is 13.0 Å². The third-order valence-electron chi connectivity index (χ3n) is 5.77. The van der Waals surface area contributed by atoms with E-state index in [1.807, 2.05) is 6.92 Å². The summed E-state index contributed by atoms with van der Waals surface area (Å²) in [6.07, 6.45) is 0.413. The lowest BCUT2D eigenvalue weighted by molar-refractivity contribution is 0.0761. The molecular weight excluding hydrogens is 432 g/mol. The molecule has 4 rings (SSSR count). The SMILES string of the molecule is C[C@@H]1Cc2nn3c(c2CN1C(=O)Nc1cc(Cl)c(F)cc1F)C(=O)N(C)C[C@H](CO)C3. The van der Waals surface area contributed by atoms with Crippen LogP contribution in [0.15, 0.2) is 12.1 Å². The van der Waals surface area contributed by atoms with Crippen LogP contribution in [0.1, 0.15) is 28.7 Å². The number of urea groups is 1. The summed E-state index contributed by atoms with van der Waals surface area (Å²) in [5.74, 6) is -2.22. The number of nitrogens with one attached hydrogen (secondary N) is 1. The molecule has 1 aromatic carbocycles. The third-order valence-corrected chi connectivity index (χ3v) is 6.06. The van der Waals surface area contributed by atoms with Crippen molar-refractivity contribution in [3.8, 4) is 0 Å². The first-order valence-corrected chi connectivity index (χ1v) is 10.2. The molecule has 0 saturated carbocycles. The molecule has 2 aliphatic rings. The molecule has 2 aromatic rings. The Morgan fingerprint density at radius 2 is 2.06 bits per heavy atom. The summed E-state index contributed by atoms with van der Waals surface area (Å²) in [4.78, 5) is 28.9. The zero-order valence-corrected chi connectivity index (χ0v) is 17.8. The number of carbonyl (C=O) groups is 2. The molecule has 0 saturated heterocycles. The minimum absolute atomic E-state index is 0.0711. The van der Waals surface area contributed by atoms with Crippen LogP contribution >= 0.6 is 11.6 Å². The van der Waals surface area contributed by atoms with Crippen molar-refractivity contribution in [1.29, 1.82) is 0 Å². The molecule has 2 aliphatic heterocycles. The Bertz CT molecular complexity index is 1060. The second-order valence-corrected chi connectivity index (χ2v) is 8.45. The second-order valence-electron chi connectivity index (χ2n) is 8.05. The van der Waals surface area contributed by atoms with Gasteiger partial charge in [-0.15, -0.1) is 0 Å². The number of halogens is 3. The van der Waals surface area contributed by atoms with E-state index in [1.165, 1.54) is 4.90 Å². The molecule has 0 bridgehead atoms. The van der Waals surface area contributed by atoms with Crippen LogP contribution in [0.4, 0.5) is 19.3 Å². The number of carbonyl (C=O) groups excluding carboxylic acids is 2. The van der Waals surface area contributed by atoms with E-state index in [0.717, 1.165) is 11.8 Å². The van der Waals surface area contributed by atoms with E-state index in [9.17, 15) is 23.5 Å². The summed E-state index contributed by atoms with van der Waals surface area (Å²) >= 11 is 5.71. The van der Waals surface area contributed by atoms with Crippen molar-refractivity contribution in [3.63, 3.8) is 0 Å². The number of amides is 3. The zero-order valence-electron chi connectivity index (χ0n) is 17.0. The molecule has 0 radical (unpaired) electrons. The Balaban J connectivity index is 1.63. The minimum Gasteiger partial charge on any atom is -0.396 e. The number of hydrogen-bond acceptors (Lipinski definition) is 4. The van der Waals surface area contributed by atoms with Gasteiger partial charge in [0.15, 0.2) is 0 Å². The summed E-state index contributed by atoms with van der Waals surface area (Å²) in [6.45, 7) is 2.66. The van der Waals surface area contributed by atoms with Crippen molar-refractivity contribution >= 4 is 29.2 Å². The molecule has 3 heterocycles. The van der Waals surface area contributed by atoms with Gasteiger partial charge in [0.1, 0.15) is 17.3 Å². The highest BCUT2D eigenvalue weighted by Crippen LogP contribution is 2.30. The van der Waals surface area contributed by atoms with Gasteiger partial charge in [0.05, 0.1) is 22.9 Å². The van der Waals surface area contributed by atoms with Gasteiger partial charge in [-0.3, -0.25) is 9.48 Å². The number of hydrogen-bond donors (Lipinski definition) is 2. The predicted octanol–water partition coefficient (Wildman–Crippen LogP) is 2.49. The average molecular weight is 454 g/mol. The lowest BCUT2D eigenvalue weighted by Gasteiger charge is -2.33. The number of aliphatic hydroxyl groups is 1. The molecule has 0 unspecified atom stereocenters. The number of anilines is 1. The normalized spacial score (nSPS) is 20.9.